The van der Waals surface area contributed by atoms with Gasteiger partial charge in [0.15, 0.2) is 0 Å². The first-order valence-electron chi connectivity index (χ1n) is 6.67. The number of fused-ring (bicyclic) bond motifs is 1. The first kappa shape index (κ1) is 10.3. The summed E-state index contributed by atoms with van der Waals surface area (Å²) >= 11 is 0. The van der Waals surface area contributed by atoms with Gasteiger partial charge in [0.25, 0.3) is 0 Å². The lowest BCUT2D eigenvalue weighted by molar-refractivity contribution is 0.196. The molecule has 0 spiro atoms. The molecule has 1 nitrogen and oxygen atoms in total. The second kappa shape index (κ2) is 4.21. The molecule has 2 unspecified atom stereocenters. The number of rotatable bonds is 2. The van der Waals surface area contributed by atoms with Gasteiger partial charge in [0, 0.05) is 6.04 Å². The van der Waals surface area contributed by atoms with Gasteiger partial charge in [0.2, 0.25) is 0 Å². The first-order chi connectivity index (χ1) is 7.84. The van der Waals surface area contributed by atoms with Crippen LogP contribution in [0.15, 0.2) is 24.3 Å². The summed E-state index contributed by atoms with van der Waals surface area (Å²) in [6, 6.07) is 9.35. The third-order valence-corrected chi connectivity index (χ3v) is 4.62. The minimum atomic E-state index is 0.460. The minimum absolute atomic E-state index is 0.460. The van der Waals surface area contributed by atoms with E-state index in [2.05, 4.69) is 24.3 Å². The van der Waals surface area contributed by atoms with Crippen molar-refractivity contribution in [3.05, 3.63) is 35.4 Å². The molecule has 0 radical (unpaired) electrons. The highest BCUT2D eigenvalue weighted by atomic mass is 14.7. The predicted molar refractivity (Wildman–Crippen MR) is 67.3 cm³/mol. The fraction of sp³-hybridized carbons (Fsp3) is 0.600. The Morgan fingerprint density at radius 3 is 2.44 bits per heavy atom. The zero-order chi connectivity index (χ0) is 11.0. The van der Waals surface area contributed by atoms with E-state index in [9.17, 15) is 0 Å². The Kier molecular flexibility index (Phi) is 2.72. The van der Waals surface area contributed by atoms with Crippen molar-refractivity contribution in [3.63, 3.8) is 0 Å². The van der Waals surface area contributed by atoms with E-state index in [1.54, 1.807) is 11.1 Å². The van der Waals surface area contributed by atoms with E-state index >= 15 is 0 Å². The summed E-state index contributed by atoms with van der Waals surface area (Å²) in [6.07, 6.45) is 7.91. The average molecular weight is 215 g/mol. The van der Waals surface area contributed by atoms with Crippen molar-refractivity contribution in [1.82, 2.24) is 0 Å². The lowest BCUT2D eigenvalue weighted by Gasteiger charge is -2.38. The van der Waals surface area contributed by atoms with Crippen LogP contribution in [0.25, 0.3) is 0 Å². The van der Waals surface area contributed by atoms with E-state index in [0.717, 1.165) is 11.8 Å². The van der Waals surface area contributed by atoms with E-state index in [4.69, 9.17) is 5.73 Å². The molecule has 2 N–H and O–H groups in total. The van der Waals surface area contributed by atoms with Gasteiger partial charge >= 0.3 is 0 Å². The zero-order valence-electron chi connectivity index (χ0n) is 9.86. The van der Waals surface area contributed by atoms with Gasteiger partial charge in [-0.1, -0.05) is 30.7 Å². The normalized spacial score (nSPS) is 26.9. The highest BCUT2D eigenvalue weighted by molar-refractivity contribution is 5.30. The lowest BCUT2D eigenvalue weighted by Crippen LogP contribution is -2.42. The standard InChI is InChI=1S/C15H21N/c16-15(12-6-3-7-12)14-9-8-11-4-1-2-5-13(11)10-14/h1-2,4-5,12,14-15H,3,6-10,16H2. The second-order valence-corrected chi connectivity index (χ2v) is 5.54. The van der Waals surface area contributed by atoms with E-state index < -0.39 is 0 Å². The van der Waals surface area contributed by atoms with Crippen LogP contribution in [-0.2, 0) is 12.8 Å². The van der Waals surface area contributed by atoms with Gasteiger partial charge in [0.05, 0.1) is 0 Å². The van der Waals surface area contributed by atoms with Gasteiger partial charge in [-0.3, -0.25) is 0 Å². The maximum absolute atomic E-state index is 6.41. The van der Waals surface area contributed by atoms with Crippen molar-refractivity contribution in [3.8, 4) is 0 Å². The Labute approximate surface area is 98.0 Å². The van der Waals surface area contributed by atoms with Gasteiger partial charge in [-0.05, 0) is 55.1 Å². The largest absolute Gasteiger partial charge is 0.327 e. The summed E-state index contributed by atoms with van der Waals surface area (Å²) < 4.78 is 0. The third kappa shape index (κ3) is 1.78. The molecular formula is C15H21N. The van der Waals surface area contributed by atoms with Crippen LogP contribution in [0, 0.1) is 11.8 Å². The number of nitrogens with two attached hydrogens (primary N) is 1. The average Bonchev–Trinajstić information content (AvgIpc) is 2.26. The molecule has 0 heterocycles. The zero-order valence-corrected chi connectivity index (χ0v) is 9.86. The molecule has 2 atom stereocenters. The SMILES string of the molecule is NC(C1CCC1)C1CCc2ccccc2C1. The Hall–Kier alpha value is -0.820. The maximum Gasteiger partial charge on any atom is 0.00989 e. The van der Waals surface area contributed by atoms with Gasteiger partial charge in [-0.25, -0.2) is 0 Å². The van der Waals surface area contributed by atoms with Crippen molar-refractivity contribution in [1.29, 1.82) is 0 Å². The van der Waals surface area contributed by atoms with E-state index in [1.807, 2.05) is 0 Å². The van der Waals surface area contributed by atoms with Crippen LogP contribution in [0.3, 0.4) is 0 Å². The number of hydrogen-bond donors (Lipinski definition) is 1. The molecule has 1 aromatic rings. The molecule has 2 aliphatic carbocycles. The van der Waals surface area contributed by atoms with Crippen LogP contribution in [0.2, 0.25) is 0 Å². The van der Waals surface area contributed by atoms with Crippen LogP contribution in [0.4, 0.5) is 0 Å². The first-order valence-corrected chi connectivity index (χ1v) is 6.67. The monoisotopic (exact) mass is 215 g/mol. The molecule has 0 aromatic heterocycles. The van der Waals surface area contributed by atoms with Crippen LogP contribution in [0.5, 0.6) is 0 Å². The fourth-order valence-electron chi connectivity index (χ4n) is 3.26. The van der Waals surface area contributed by atoms with Gasteiger partial charge < -0.3 is 5.73 Å². The van der Waals surface area contributed by atoms with E-state index in [1.165, 1.54) is 38.5 Å². The van der Waals surface area contributed by atoms with Gasteiger partial charge in [-0.2, -0.15) is 0 Å². The molecule has 0 aliphatic heterocycles. The molecule has 0 bridgehead atoms. The molecule has 1 heteroatoms. The summed E-state index contributed by atoms with van der Waals surface area (Å²) in [4.78, 5) is 0. The van der Waals surface area contributed by atoms with Crippen molar-refractivity contribution in [2.45, 2.75) is 44.6 Å². The summed E-state index contributed by atoms with van der Waals surface area (Å²) in [7, 11) is 0. The van der Waals surface area contributed by atoms with E-state index in [-0.39, 0.29) is 0 Å². The highest BCUT2D eigenvalue weighted by Crippen LogP contribution is 2.36. The Balaban J connectivity index is 1.72. The van der Waals surface area contributed by atoms with E-state index in [0.29, 0.717) is 6.04 Å². The van der Waals surface area contributed by atoms with Crippen molar-refractivity contribution in [2.24, 2.45) is 17.6 Å². The molecule has 0 saturated heterocycles. The molecular weight excluding hydrogens is 194 g/mol. The Morgan fingerprint density at radius 2 is 1.75 bits per heavy atom. The topological polar surface area (TPSA) is 26.0 Å². The summed E-state index contributed by atoms with van der Waals surface area (Å²) in [6.45, 7) is 0. The van der Waals surface area contributed by atoms with Gasteiger partial charge in [-0.15, -0.1) is 0 Å². The summed E-state index contributed by atoms with van der Waals surface area (Å²) in [5.41, 5.74) is 9.52. The fourth-order valence-corrected chi connectivity index (χ4v) is 3.26. The van der Waals surface area contributed by atoms with Crippen LogP contribution >= 0.6 is 0 Å². The van der Waals surface area contributed by atoms with Crippen LogP contribution < -0.4 is 5.73 Å². The summed E-state index contributed by atoms with van der Waals surface area (Å²) in [5, 5.41) is 0. The maximum atomic E-state index is 6.41. The molecule has 1 aromatic carbocycles. The van der Waals surface area contributed by atoms with Gasteiger partial charge in [0.1, 0.15) is 0 Å². The van der Waals surface area contributed by atoms with Crippen LogP contribution in [0.1, 0.15) is 36.8 Å². The molecule has 16 heavy (non-hydrogen) atoms. The molecule has 0 amide bonds. The summed E-state index contributed by atoms with van der Waals surface area (Å²) in [5.74, 6) is 1.57. The Morgan fingerprint density at radius 1 is 1.00 bits per heavy atom. The van der Waals surface area contributed by atoms with Crippen molar-refractivity contribution >= 4 is 0 Å². The van der Waals surface area contributed by atoms with Crippen LogP contribution in [-0.4, -0.2) is 6.04 Å². The molecule has 1 saturated carbocycles. The number of benzene rings is 1. The van der Waals surface area contributed by atoms with Crippen molar-refractivity contribution < 1.29 is 0 Å². The second-order valence-electron chi connectivity index (χ2n) is 5.54. The number of hydrogen-bond acceptors (Lipinski definition) is 1. The quantitative estimate of drug-likeness (QED) is 0.806. The molecule has 2 aliphatic rings. The lowest BCUT2D eigenvalue weighted by atomic mass is 9.70. The third-order valence-electron chi connectivity index (χ3n) is 4.62. The molecule has 1 fully saturated rings. The minimum Gasteiger partial charge on any atom is -0.327 e. The smallest absolute Gasteiger partial charge is 0.00989 e. The molecule has 86 valence electrons. The molecule has 3 rings (SSSR count). The van der Waals surface area contributed by atoms with Crippen molar-refractivity contribution in [2.75, 3.05) is 0 Å². The highest BCUT2D eigenvalue weighted by Gasteiger charge is 2.32. The predicted octanol–water partition coefficient (Wildman–Crippen LogP) is 2.92. The Bertz CT molecular complexity index is 367. The number of aryl methyl sites for hydroxylation is 1.